The molecule has 29 heavy (non-hydrogen) atoms. The Morgan fingerprint density at radius 2 is 1.48 bits per heavy atom. The summed E-state index contributed by atoms with van der Waals surface area (Å²) in [6, 6.07) is -5.14. The second kappa shape index (κ2) is 13.2. The number of carbonyl (C=O) groups is 4. The Morgan fingerprint density at radius 3 is 1.97 bits per heavy atom. The first kappa shape index (κ1) is 26.0. The lowest BCUT2D eigenvalue weighted by atomic mass is 10.1. The fourth-order valence-electron chi connectivity index (χ4n) is 1.98. The van der Waals surface area contributed by atoms with E-state index in [9.17, 15) is 24.3 Å². The van der Waals surface area contributed by atoms with Crippen LogP contribution < -0.4 is 33.2 Å². The molecule has 0 bridgehead atoms. The molecule has 14 nitrogen and oxygen atoms in total. The highest BCUT2D eigenvalue weighted by atomic mass is 16.4. The van der Waals surface area contributed by atoms with Crippen molar-refractivity contribution in [1.29, 1.82) is 0 Å². The number of carboxylic acids is 1. The number of aliphatic imine (C=N–C) groups is 1. The Bertz CT molecular complexity index is 610. The first-order valence-corrected chi connectivity index (χ1v) is 8.70. The molecule has 0 saturated heterocycles. The van der Waals surface area contributed by atoms with Gasteiger partial charge in [-0.25, -0.2) is 0 Å². The summed E-state index contributed by atoms with van der Waals surface area (Å²) in [6.45, 7) is -0.0777. The van der Waals surface area contributed by atoms with Crippen molar-refractivity contribution < 1.29 is 34.5 Å². The monoisotopic (exact) mass is 419 g/mol. The SMILES string of the molecule is CC(NC(=O)C(CCCN=C(N)N)NC(=O)C(CO)NC(=O)C(N)CO)C(=O)O. The molecule has 0 aliphatic rings. The number of hydrogen-bond donors (Lipinski definition) is 9. The van der Waals surface area contributed by atoms with Crippen molar-refractivity contribution in [3.8, 4) is 0 Å². The van der Waals surface area contributed by atoms with Crippen LogP contribution in [-0.4, -0.2) is 88.9 Å². The lowest BCUT2D eigenvalue weighted by molar-refractivity contribution is -0.142. The van der Waals surface area contributed by atoms with Crippen LogP contribution in [0.25, 0.3) is 0 Å². The Kier molecular flexibility index (Phi) is 11.9. The van der Waals surface area contributed by atoms with E-state index in [-0.39, 0.29) is 25.3 Å². The van der Waals surface area contributed by atoms with E-state index >= 15 is 0 Å². The van der Waals surface area contributed by atoms with Gasteiger partial charge >= 0.3 is 5.97 Å². The highest BCUT2D eigenvalue weighted by Gasteiger charge is 2.28. The Balaban J connectivity index is 5.14. The van der Waals surface area contributed by atoms with E-state index < -0.39 is 61.1 Å². The van der Waals surface area contributed by atoms with Crippen molar-refractivity contribution in [2.45, 2.75) is 43.9 Å². The number of carboxylic acid groups (broad SMARTS) is 1. The predicted molar refractivity (Wildman–Crippen MR) is 101 cm³/mol. The molecule has 0 aromatic rings. The molecule has 0 rings (SSSR count). The van der Waals surface area contributed by atoms with Crippen molar-refractivity contribution in [3.05, 3.63) is 0 Å². The third-order valence-electron chi connectivity index (χ3n) is 3.66. The summed E-state index contributed by atoms with van der Waals surface area (Å²) in [5.41, 5.74) is 15.7. The molecule has 4 atom stereocenters. The minimum absolute atomic E-state index is 0.0446. The summed E-state index contributed by atoms with van der Waals surface area (Å²) in [4.78, 5) is 51.0. The molecule has 0 aliphatic heterocycles. The zero-order valence-corrected chi connectivity index (χ0v) is 16.0. The Hall–Kier alpha value is -2.97. The van der Waals surface area contributed by atoms with Gasteiger partial charge in [0.05, 0.1) is 13.2 Å². The molecule has 12 N–H and O–H groups in total. The number of hydrogen-bond acceptors (Lipinski definition) is 8. The van der Waals surface area contributed by atoms with Crippen LogP contribution in [-0.2, 0) is 19.2 Å². The van der Waals surface area contributed by atoms with E-state index in [2.05, 4.69) is 20.9 Å². The van der Waals surface area contributed by atoms with E-state index in [1.165, 1.54) is 6.92 Å². The van der Waals surface area contributed by atoms with Gasteiger partial charge in [-0.15, -0.1) is 0 Å². The van der Waals surface area contributed by atoms with Crippen LogP contribution in [0.1, 0.15) is 19.8 Å². The summed E-state index contributed by atoms with van der Waals surface area (Å²) in [5, 5.41) is 33.8. The molecule has 0 fully saturated rings. The molecule has 0 aromatic heterocycles. The minimum atomic E-state index is -1.44. The third kappa shape index (κ3) is 10.2. The second-order valence-electron chi connectivity index (χ2n) is 6.11. The molecule has 0 radical (unpaired) electrons. The minimum Gasteiger partial charge on any atom is -0.480 e. The van der Waals surface area contributed by atoms with Crippen LogP contribution in [0.3, 0.4) is 0 Å². The van der Waals surface area contributed by atoms with E-state index in [4.69, 9.17) is 27.4 Å². The van der Waals surface area contributed by atoms with Gasteiger partial charge in [-0.2, -0.15) is 0 Å². The molecule has 0 saturated carbocycles. The molecular weight excluding hydrogens is 390 g/mol. The van der Waals surface area contributed by atoms with Crippen LogP contribution >= 0.6 is 0 Å². The average molecular weight is 419 g/mol. The van der Waals surface area contributed by atoms with Crippen LogP contribution in [0.15, 0.2) is 4.99 Å². The quantitative estimate of drug-likeness (QED) is 0.0779. The zero-order valence-electron chi connectivity index (χ0n) is 16.0. The predicted octanol–water partition coefficient (Wildman–Crippen LogP) is -5.09. The first-order chi connectivity index (χ1) is 13.5. The Labute approximate surface area is 166 Å². The molecule has 14 heteroatoms. The van der Waals surface area contributed by atoms with Gasteiger partial charge in [-0.05, 0) is 19.8 Å². The number of guanidine groups is 1. The van der Waals surface area contributed by atoms with Gasteiger partial charge in [0.15, 0.2) is 5.96 Å². The highest BCUT2D eigenvalue weighted by Crippen LogP contribution is 2.01. The molecule has 166 valence electrons. The van der Waals surface area contributed by atoms with E-state index in [0.29, 0.717) is 0 Å². The highest BCUT2D eigenvalue weighted by molar-refractivity contribution is 5.94. The fourth-order valence-corrected chi connectivity index (χ4v) is 1.98. The van der Waals surface area contributed by atoms with Gasteiger partial charge in [0.1, 0.15) is 24.2 Å². The maximum Gasteiger partial charge on any atom is 0.325 e. The summed E-state index contributed by atoms with van der Waals surface area (Å²) < 4.78 is 0. The van der Waals surface area contributed by atoms with E-state index in [1.54, 1.807) is 0 Å². The molecule has 3 amide bonds. The second-order valence-corrected chi connectivity index (χ2v) is 6.11. The van der Waals surface area contributed by atoms with Gasteiger partial charge in [-0.1, -0.05) is 0 Å². The number of nitrogens with two attached hydrogens (primary N) is 3. The topological polar surface area (TPSA) is 255 Å². The fraction of sp³-hybridized carbons (Fsp3) is 0.667. The summed E-state index contributed by atoms with van der Waals surface area (Å²) in [6.07, 6.45) is 0.312. The van der Waals surface area contributed by atoms with Crippen LogP contribution in [0.5, 0.6) is 0 Å². The van der Waals surface area contributed by atoms with Gasteiger partial charge in [0, 0.05) is 6.54 Å². The molecule has 0 aromatic carbocycles. The molecule has 0 heterocycles. The summed E-state index contributed by atoms with van der Waals surface area (Å²) in [5.74, 6) is -4.00. The standard InChI is InChI=1S/C15H29N7O7/c1-7(14(28)29)20-12(26)9(3-2-4-19-15(17)18)21-13(27)10(6-24)22-11(25)8(16)5-23/h7-10,23-24H,2-6,16H2,1H3,(H,20,26)(H,21,27)(H,22,25)(H,28,29)(H4,17,18,19). The largest absolute Gasteiger partial charge is 0.480 e. The number of aliphatic hydroxyl groups is 2. The smallest absolute Gasteiger partial charge is 0.325 e. The van der Waals surface area contributed by atoms with Crippen molar-refractivity contribution >= 4 is 29.7 Å². The normalized spacial score (nSPS) is 14.6. The molecule has 0 spiro atoms. The number of aliphatic carboxylic acids is 1. The lowest BCUT2D eigenvalue weighted by Crippen LogP contribution is -2.58. The number of rotatable bonds is 13. The number of nitrogens with one attached hydrogen (secondary N) is 3. The lowest BCUT2D eigenvalue weighted by Gasteiger charge is -2.23. The van der Waals surface area contributed by atoms with Crippen molar-refractivity contribution in [2.24, 2.45) is 22.2 Å². The maximum absolute atomic E-state index is 12.3. The molecule has 4 unspecified atom stereocenters. The van der Waals surface area contributed by atoms with Gasteiger partial charge in [0.25, 0.3) is 0 Å². The van der Waals surface area contributed by atoms with Crippen LogP contribution in [0.2, 0.25) is 0 Å². The van der Waals surface area contributed by atoms with E-state index in [1.807, 2.05) is 0 Å². The number of carbonyl (C=O) groups excluding carboxylic acids is 3. The van der Waals surface area contributed by atoms with Crippen LogP contribution in [0.4, 0.5) is 0 Å². The number of aliphatic hydroxyl groups excluding tert-OH is 2. The van der Waals surface area contributed by atoms with Gasteiger partial charge < -0.3 is 48.5 Å². The average Bonchev–Trinajstić information content (AvgIpc) is 2.66. The van der Waals surface area contributed by atoms with Gasteiger partial charge in [-0.3, -0.25) is 24.2 Å². The first-order valence-electron chi connectivity index (χ1n) is 8.70. The number of amides is 3. The maximum atomic E-state index is 12.3. The number of nitrogens with zero attached hydrogens (tertiary/aromatic N) is 1. The van der Waals surface area contributed by atoms with E-state index in [0.717, 1.165) is 0 Å². The summed E-state index contributed by atoms with van der Waals surface area (Å²) in [7, 11) is 0. The van der Waals surface area contributed by atoms with Crippen molar-refractivity contribution in [1.82, 2.24) is 16.0 Å². The van der Waals surface area contributed by atoms with Crippen LogP contribution in [0, 0.1) is 0 Å². The van der Waals surface area contributed by atoms with Crippen molar-refractivity contribution in [2.75, 3.05) is 19.8 Å². The Morgan fingerprint density at radius 1 is 0.931 bits per heavy atom. The third-order valence-corrected chi connectivity index (χ3v) is 3.66. The summed E-state index contributed by atoms with van der Waals surface area (Å²) >= 11 is 0. The molecule has 0 aliphatic carbocycles. The van der Waals surface area contributed by atoms with Gasteiger partial charge in [0.2, 0.25) is 17.7 Å². The van der Waals surface area contributed by atoms with Crippen molar-refractivity contribution in [3.63, 3.8) is 0 Å². The zero-order chi connectivity index (χ0) is 22.6. The molecular formula is C15H29N7O7.